The van der Waals surface area contributed by atoms with Gasteiger partial charge in [-0.3, -0.25) is 14.5 Å². The van der Waals surface area contributed by atoms with Crippen LogP contribution in [0.5, 0.6) is 0 Å². The summed E-state index contributed by atoms with van der Waals surface area (Å²) in [4.78, 5) is 36.7. The van der Waals surface area contributed by atoms with Gasteiger partial charge in [-0.05, 0) is 32.0 Å². The summed E-state index contributed by atoms with van der Waals surface area (Å²) in [6.07, 6.45) is 0.840. The maximum atomic E-state index is 12.1. The molecule has 1 aromatic carbocycles. The number of halogens is 1. The predicted octanol–water partition coefficient (Wildman–Crippen LogP) is 1.56. The number of aliphatic hydroxyl groups excluding tert-OH is 1. The van der Waals surface area contributed by atoms with Crippen LogP contribution in [0.1, 0.15) is 24.2 Å². The first-order valence-electron chi connectivity index (χ1n) is 7.29. The summed E-state index contributed by atoms with van der Waals surface area (Å²) in [6, 6.07) is 4.51. The third kappa shape index (κ3) is 3.93. The molecule has 7 nitrogen and oxygen atoms in total. The number of nitrogens with zero attached hydrogens (tertiary/aromatic N) is 1. The summed E-state index contributed by atoms with van der Waals surface area (Å²) in [5, 5.41) is 11.9. The first-order valence-corrected chi connectivity index (χ1v) is 7.67. The van der Waals surface area contributed by atoms with Crippen LogP contribution in [-0.2, 0) is 14.3 Å². The first kappa shape index (κ1) is 18.0. The molecule has 0 atom stereocenters. The number of benzene rings is 1. The Balaban J connectivity index is 2.19. The lowest BCUT2D eigenvalue weighted by Crippen LogP contribution is -2.34. The van der Waals surface area contributed by atoms with Crippen molar-refractivity contribution in [2.45, 2.75) is 20.0 Å². The Bertz CT molecular complexity index is 714. The van der Waals surface area contributed by atoms with Crippen LogP contribution in [0.2, 0.25) is 5.02 Å². The van der Waals surface area contributed by atoms with E-state index in [0.29, 0.717) is 5.69 Å². The lowest BCUT2D eigenvalue weighted by molar-refractivity contribution is -0.137. The number of rotatable bonds is 6. The minimum absolute atomic E-state index is 0.0546. The molecule has 0 bridgehead atoms. The van der Waals surface area contributed by atoms with Crippen LogP contribution in [0.25, 0.3) is 0 Å². The molecule has 0 fully saturated rings. The molecule has 128 valence electrons. The zero-order valence-electron chi connectivity index (χ0n) is 13.2. The van der Waals surface area contributed by atoms with Crippen LogP contribution in [0, 0.1) is 0 Å². The van der Waals surface area contributed by atoms with Gasteiger partial charge in [-0.2, -0.15) is 0 Å². The van der Waals surface area contributed by atoms with Crippen molar-refractivity contribution in [2.24, 2.45) is 0 Å². The van der Waals surface area contributed by atoms with Crippen LogP contribution < -0.4 is 5.32 Å². The van der Waals surface area contributed by atoms with E-state index >= 15 is 0 Å². The molecule has 1 heterocycles. The summed E-state index contributed by atoms with van der Waals surface area (Å²) >= 11 is 6.01. The van der Waals surface area contributed by atoms with Crippen molar-refractivity contribution in [3.05, 3.63) is 40.6 Å². The number of hydrogen-bond acceptors (Lipinski definition) is 6. The number of imide groups is 1. The van der Waals surface area contributed by atoms with Gasteiger partial charge in [0.05, 0.1) is 29.8 Å². The third-order valence-electron chi connectivity index (χ3n) is 3.14. The number of carbonyl (C=O) groups excluding carboxylic acids is 3. The fraction of sp³-hybridized carbons (Fsp3) is 0.312. The average molecular weight is 353 g/mol. The number of anilines is 1. The molecular formula is C16H17ClN2O5. The molecule has 0 saturated carbocycles. The van der Waals surface area contributed by atoms with Crippen molar-refractivity contribution >= 4 is 35.1 Å². The molecule has 0 saturated heterocycles. The quantitative estimate of drug-likeness (QED) is 0.596. The Hall–Kier alpha value is -2.38. The second-order valence-corrected chi connectivity index (χ2v) is 5.76. The number of ether oxygens (including phenoxy) is 1. The summed E-state index contributed by atoms with van der Waals surface area (Å²) in [5.74, 6) is -1.64. The average Bonchev–Trinajstić information content (AvgIpc) is 2.76. The molecule has 1 aliphatic heterocycles. The highest BCUT2D eigenvalue weighted by Crippen LogP contribution is 2.24. The van der Waals surface area contributed by atoms with E-state index in [2.05, 4.69) is 5.32 Å². The number of esters is 1. The van der Waals surface area contributed by atoms with Crippen molar-refractivity contribution in [1.29, 1.82) is 0 Å². The molecule has 2 rings (SSSR count). The smallest absolute Gasteiger partial charge is 0.339 e. The molecular weight excluding hydrogens is 336 g/mol. The normalized spacial score (nSPS) is 14.2. The van der Waals surface area contributed by atoms with Gasteiger partial charge in [-0.1, -0.05) is 11.6 Å². The Morgan fingerprint density at radius 3 is 2.71 bits per heavy atom. The van der Waals surface area contributed by atoms with E-state index < -0.39 is 17.8 Å². The van der Waals surface area contributed by atoms with Gasteiger partial charge in [-0.25, -0.2) is 4.79 Å². The largest absolute Gasteiger partial charge is 0.459 e. The molecule has 0 spiro atoms. The summed E-state index contributed by atoms with van der Waals surface area (Å²) < 4.78 is 5.11. The maximum absolute atomic E-state index is 12.1. The molecule has 2 amide bonds. The highest BCUT2D eigenvalue weighted by Gasteiger charge is 2.30. The van der Waals surface area contributed by atoms with Gasteiger partial charge in [0.25, 0.3) is 11.8 Å². The van der Waals surface area contributed by atoms with Crippen LogP contribution in [0.3, 0.4) is 0 Å². The second kappa shape index (κ2) is 7.46. The van der Waals surface area contributed by atoms with Gasteiger partial charge in [0.15, 0.2) is 0 Å². The number of nitrogens with one attached hydrogen (secondary N) is 1. The molecule has 0 aliphatic carbocycles. The SMILES string of the molecule is CC(C)OC(=O)c1cc(NC2=CC(=O)N(CCO)C2=O)ccc1Cl. The van der Waals surface area contributed by atoms with Crippen LogP contribution >= 0.6 is 11.6 Å². The third-order valence-corrected chi connectivity index (χ3v) is 3.47. The van der Waals surface area contributed by atoms with Crippen LogP contribution in [0.15, 0.2) is 30.0 Å². The summed E-state index contributed by atoms with van der Waals surface area (Å²) in [5.41, 5.74) is 0.618. The van der Waals surface area contributed by atoms with Crippen molar-refractivity contribution in [2.75, 3.05) is 18.5 Å². The van der Waals surface area contributed by atoms with Gasteiger partial charge in [0.2, 0.25) is 0 Å². The highest BCUT2D eigenvalue weighted by atomic mass is 35.5. The second-order valence-electron chi connectivity index (χ2n) is 5.35. The van der Waals surface area contributed by atoms with E-state index in [1.807, 2.05) is 0 Å². The Labute approximate surface area is 143 Å². The number of amides is 2. The Morgan fingerprint density at radius 1 is 1.38 bits per heavy atom. The topological polar surface area (TPSA) is 95.9 Å². The van der Waals surface area contributed by atoms with Crippen LogP contribution in [-0.4, -0.2) is 47.0 Å². The maximum Gasteiger partial charge on any atom is 0.339 e. The lowest BCUT2D eigenvalue weighted by atomic mass is 10.2. The van der Waals surface area contributed by atoms with Gasteiger partial charge in [-0.15, -0.1) is 0 Å². The summed E-state index contributed by atoms with van der Waals surface area (Å²) in [6.45, 7) is 3.05. The van der Waals surface area contributed by atoms with E-state index in [1.54, 1.807) is 19.9 Å². The van der Waals surface area contributed by atoms with Gasteiger partial charge in [0.1, 0.15) is 5.70 Å². The molecule has 1 aromatic rings. The van der Waals surface area contributed by atoms with E-state index in [9.17, 15) is 14.4 Å². The van der Waals surface area contributed by atoms with E-state index in [1.165, 1.54) is 12.1 Å². The van der Waals surface area contributed by atoms with Crippen LogP contribution in [0.4, 0.5) is 5.69 Å². The van der Waals surface area contributed by atoms with Crippen molar-refractivity contribution in [3.8, 4) is 0 Å². The Morgan fingerprint density at radius 2 is 2.08 bits per heavy atom. The molecule has 1 aliphatic rings. The standard InChI is InChI=1S/C16H17ClN2O5/c1-9(2)24-16(23)11-7-10(3-4-12(11)17)18-13-8-14(21)19(5-6-20)15(13)22/h3-4,7-9,18,20H,5-6H2,1-2H3. The predicted molar refractivity (Wildman–Crippen MR) is 87.5 cm³/mol. The Kier molecular flexibility index (Phi) is 5.58. The van der Waals surface area contributed by atoms with Gasteiger partial charge in [0, 0.05) is 11.8 Å². The minimum Gasteiger partial charge on any atom is -0.459 e. The number of β-amino-alcohol motifs (C(OH)–C–C–N with tert-alkyl or cyclic N) is 1. The molecule has 24 heavy (non-hydrogen) atoms. The van der Waals surface area contributed by atoms with Gasteiger partial charge >= 0.3 is 5.97 Å². The highest BCUT2D eigenvalue weighted by molar-refractivity contribution is 6.33. The molecule has 0 aromatic heterocycles. The molecule has 0 radical (unpaired) electrons. The number of hydrogen-bond donors (Lipinski definition) is 2. The summed E-state index contributed by atoms with van der Waals surface area (Å²) in [7, 11) is 0. The molecule has 8 heteroatoms. The molecule has 0 unspecified atom stereocenters. The van der Waals surface area contributed by atoms with E-state index in [-0.39, 0.29) is 35.5 Å². The monoisotopic (exact) mass is 352 g/mol. The van der Waals surface area contributed by atoms with E-state index in [4.69, 9.17) is 21.4 Å². The number of carbonyl (C=O) groups is 3. The van der Waals surface area contributed by atoms with Gasteiger partial charge < -0.3 is 15.2 Å². The van der Waals surface area contributed by atoms with Crippen molar-refractivity contribution in [3.63, 3.8) is 0 Å². The lowest BCUT2D eigenvalue weighted by Gasteiger charge is -2.14. The first-order chi connectivity index (χ1) is 11.3. The zero-order chi connectivity index (χ0) is 17.9. The fourth-order valence-electron chi connectivity index (χ4n) is 2.10. The zero-order valence-corrected chi connectivity index (χ0v) is 14.0. The van der Waals surface area contributed by atoms with E-state index in [0.717, 1.165) is 11.0 Å². The minimum atomic E-state index is -0.580. The fourth-order valence-corrected chi connectivity index (χ4v) is 2.30. The number of aliphatic hydroxyl groups is 1. The molecule has 2 N–H and O–H groups in total. The van der Waals surface area contributed by atoms with Crippen molar-refractivity contribution in [1.82, 2.24) is 4.90 Å². The van der Waals surface area contributed by atoms with Crippen molar-refractivity contribution < 1.29 is 24.2 Å².